The first kappa shape index (κ1) is 16.8. The molecule has 22 heavy (non-hydrogen) atoms. The average Bonchev–Trinajstić information content (AvgIpc) is 3.05. The van der Waals surface area contributed by atoms with E-state index in [0.29, 0.717) is 24.7 Å². The first-order valence-corrected chi connectivity index (χ1v) is 7.90. The van der Waals surface area contributed by atoms with Gasteiger partial charge in [0, 0.05) is 19.3 Å². The van der Waals surface area contributed by atoms with E-state index in [4.69, 9.17) is 9.47 Å². The first-order valence-electron chi connectivity index (χ1n) is 7.90. The van der Waals surface area contributed by atoms with Crippen LogP contribution >= 0.6 is 0 Å². The van der Waals surface area contributed by atoms with Gasteiger partial charge in [-0.2, -0.15) is 0 Å². The van der Waals surface area contributed by atoms with Crippen molar-refractivity contribution < 1.29 is 19.4 Å². The number of rotatable bonds is 8. The van der Waals surface area contributed by atoms with E-state index in [-0.39, 0.29) is 18.6 Å². The lowest BCUT2D eigenvalue weighted by atomic mass is 10.1. The van der Waals surface area contributed by atoms with Crippen LogP contribution in [0, 0.1) is 0 Å². The van der Waals surface area contributed by atoms with Crippen LogP contribution in [0.2, 0.25) is 0 Å². The molecule has 1 atom stereocenters. The molecular weight excluding hydrogens is 282 g/mol. The quantitative estimate of drug-likeness (QED) is 0.772. The molecule has 5 nitrogen and oxygen atoms in total. The zero-order chi connectivity index (χ0) is 15.8. The largest absolute Gasteiger partial charge is 0.490 e. The van der Waals surface area contributed by atoms with Gasteiger partial charge in [-0.1, -0.05) is 0 Å². The normalized spacial score (nSPS) is 16.5. The molecule has 1 unspecified atom stereocenters. The molecule has 1 amide bonds. The summed E-state index contributed by atoms with van der Waals surface area (Å²) in [5.74, 6) is 0.615. The molecule has 1 aliphatic rings. The average molecular weight is 307 g/mol. The molecule has 0 bridgehead atoms. The monoisotopic (exact) mass is 307 g/mol. The molecular formula is C17H25NO4. The SMILES string of the molecule is COCCC(CO)NC(=O)c1ccc(OC2CCCC2)cc1. The van der Waals surface area contributed by atoms with E-state index < -0.39 is 0 Å². The van der Waals surface area contributed by atoms with Gasteiger partial charge in [-0.05, 0) is 56.4 Å². The van der Waals surface area contributed by atoms with E-state index in [9.17, 15) is 9.90 Å². The van der Waals surface area contributed by atoms with E-state index in [2.05, 4.69) is 5.32 Å². The summed E-state index contributed by atoms with van der Waals surface area (Å²) >= 11 is 0. The Morgan fingerprint density at radius 2 is 2.00 bits per heavy atom. The van der Waals surface area contributed by atoms with Gasteiger partial charge >= 0.3 is 0 Å². The lowest BCUT2D eigenvalue weighted by Crippen LogP contribution is -2.38. The fourth-order valence-electron chi connectivity index (χ4n) is 2.62. The Morgan fingerprint density at radius 3 is 2.59 bits per heavy atom. The third-order valence-electron chi connectivity index (χ3n) is 3.95. The Labute approximate surface area is 131 Å². The molecule has 0 aromatic heterocycles. The fourth-order valence-corrected chi connectivity index (χ4v) is 2.62. The Hall–Kier alpha value is -1.59. The number of benzene rings is 1. The van der Waals surface area contributed by atoms with Crippen LogP contribution in [0.1, 0.15) is 42.5 Å². The molecule has 2 N–H and O–H groups in total. The number of aliphatic hydroxyl groups is 1. The van der Waals surface area contributed by atoms with Gasteiger partial charge in [-0.25, -0.2) is 0 Å². The standard InChI is InChI=1S/C17H25NO4/c1-21-11-10-14(12-19)18-17(20)13-6-8-16(9-7-13)22-15-4-2-3-5-15/h6-9,14-15,19H,2-5,10-12H2,1H3,(H,18,20). The molecule has 1 fully saturated rings. The Kier molecular flexibility index (Phi) is 6.68. The molecule has 2 rings (SSSR count). The Bertz CT molecular complexity index is 454. The molecule has 0 heterocycles. The van der Waals surface area contributed by atoms with Crippen molar-refractivity contribution >= 4 is 5.91 Å². The molecule has 5 heteroatoms. The van der Waals surface area contributed by atoms with Crippen LogP contribution < -0.4 is 10.1 Å². The number of aliphatic hydroxyl groups excluding tert-OH is 1. The van der Waals surface area contributed by atoms with E-state index in [0.717, 1.165) is 18.6 Å². The van der Waals surface area contributed by atoms with E-state index >= 15 is 0 Å². The highest BCUT2D eigenvalue weighted by Gasteiger charge is 2.17. The summed E-state index contributed by atoms with van der Waals surface area (Å²) in [5.41, 5.74) is 0.564. The fraction of sp³-hybridized carbons (Fsp3) is 0.588. The summed E-state index contributed by atoms with van der Waals surface area (Å²) in [6, 6.07) is 6.88. The van der Waals surface area contributed by atoms with Crippen LogP contribution in [0.15, 0.2) is 24.3 Å². The third-order valence-corrected chi connectivity index (χ3v) is 3.95. The smallest absolute Gasteiger partial charge is 0.251 e. The highest BCUT2D eigenvalue weighted by molar-refractivity contribution is 5.94. The van der Waals surface area contributed by atoms with Gasteiger partial charge in [0.05, 0.1) is 18.8 Å². The number of carbonyl (C=O) groups excluding carboxylic acids is 1. The van der Waals surface area contributed by atoms with Crippen LogP contribution in [-0.4, -0.2) is 43.5 Å². The number of amides is 1. The zero-order valence-corrected chi connectivity index (χ0v) is 13.1. The van der Waals surface area contributed by atoms with Crippen molar-refractivity contribution in [1.82, 2.24) is 5.32 Å². The Balaban J connectivity index is 1.86. The molecule has 1 aromatic carbocycles. The van der Waals surface area contributed by atoms with Gasteiger partial charge in [0.2, 0.25) is 0 Å². The van der Waals surface area contributed by atoms with Crippen molar-refractivity contribution in [3.63, 3.8) is 0 Å². The minimum absolute atomic E-state index is 0.0992. The molecule has 1 aromatic rings. The van der Waals surface area contributed by atoms with Gasteiger partial charge in [0.1, 0.15) is 5.75 Å². The highest BCUT2D eigenvalue weighted by Crippen LogP contribution is 2.24. The van der Waals surface area contributed by atoms with Crippen LogP contribution in [0.4, 0.5) is 0 Å². The topological polar surface area (TPSA) is 67.8 Å². The Morgan fingerprint density at radius 1 is 1.32 bits per heavy atom. The van der Waals surface area contributed by atoms with Crippen molar-refractivity contribution in [2.24, 2.45) is 0 Å². The number of methoxy groups -OCH3 is 1. The highest BCUT2D eigenvalue weighted by atomic mass is 16.5. The number of nitrogens with one attached hydrogen (secondary N) is 1. The maximum Gasteiger partial charge on any atom is 0.251 e. The van der Waals surface area contributed by atoms with Crippen molar-refractivity contribution in [1.29, 1.82) is 0 Å². The molecule has 1 saturated carbocycles. The van der Waals surface area contributed by atoms with Gasteiger partial charge in [-0.3, -0.25) is 4.79 Å². The number of carbonyl (C=O) groups is 1. The number of ether oxygens (including phenoxy) is 2. The summed E-state index contributed by atoms with van der Waals surface area (Å²) in [4.78, 5) is 12.1. The van der Waals surface area contributed by atoms with Crippen molar-refractivity contribution in [2.45, 2.75) is 44.2 Å². The summed E-state index contributed by atoms with van der Waals surface area (Å²) in [6.45, 7) is 0.400. The van der Waals surface area contributed by atoms with Crippen LogP contribution in [0.3, 0.4) is 0 Å². The van der Waals surface area contributed by atoms with Gasteiger partial charge < -0.3 is 19.9 Å². The predicted octanol–water partition coefficient (Wildman–Crippen LogP) is 2.14. The van der Waals surface area contributed by atoms with Gasteiger partial charge in [0.15, 0.2) is 0 Å². The lowest BCUT2D eigenvalue weighted by Gasteiger charge is -2.16. The first-order chi connectivity index (χ1) is 10.7. The molecule has 0 saturated heterocycles. The van der Waals surface area contributed by atoms with E-state index in [1.54, 1.807) is 19.2 Å². The maximum absolute atomic E-state index is 12.1. The minimum Gasteiger partial charge on any atom is -0.490 e. The summed E-state index contributed by atoms with van der Waals surface area (Å²) < 4.78 is 10.8. The summed E-state index contributed by atoms with van der Waals surface area (Å²) in [7, 11) is 1.60. The molecule has 0 radical (unpaired) electrons. The van der Waals surface area contributed by atoms with Gasteiger partial charge in [0.25, 0.3) is 5.91 Å². The zero-order valence-electron chi connectivity index (χ0n) is 13.1. The minimum atomic E-state index is -0.290. The van der Waals surface area contributed by atoms with Crippen molar-refractivity contribution in [3.8, 4) is 5.75 Å². The summed E-state index contributed by atoms with van der Waals surface area (Å²) in [6.07, 6.45) is 5.58. The van der Waals surface area contributed by atoms with E-state index in [1.165, 1.54) is 12.8 Å². The number of hydrogen-bond acceptors (Lipinski definition) is 4. The molecule has 0 aliphatic heterocycles. The molecule has 1 aliphatic carbocycles. The van der Waals surface area contributed by atoms with Gasteiger partial charge in [-0.15, -0.1) is 0 Å². The van der Waals surface area contributed by atoms with Crippen LogP contribution in [-0.2, 0) is 4.74 Å². The predicted molar refractivity (Wildman–Crippen MR) is 84.2 cm³/mol. The van der Waals surface area contributed by atoms with E-state index in [1.807, 2.05) is 12.1 Å². The van der Waals surface area contributed by atoms with Crippen LogP contribution in [0.25, 0.3) is 0 Å². The maximum atomic E-state index is 12.1. The molecule has 122 valence electrons. The lowest BCUT2D eigenvalue weighted by molar-refractivity contribution is 0.0894. The van der Waals surface area contributed by atoms with Crippen LogP contribution in [0.5, 0.6) is 5.75 Å². The molecule has 0 spiro atoms. The second kappa shape index (κ2) is 8.76. The van der Waals surface area contributed by atoms with Crippen molar-refractivity contribution in [3.05, 3.63) is 29.8 Å². The third kappa shape index (κ3) is 5.00. The van der Waals surface area contributed by atoms with Crippen molar-refractivity contribution in [2.75, 3.05) is 20.3 Å². The summed E-state index contributed by atoms with van der Waals surface area (Å²) in [5, 5.41) is 12.1. The number of hydrogen-bond donors (Lipinski definition) is 2. The second-order valence-corrected chi connectivity index (χ2v) is 5.68. The second-order valence-electron chi connectivity index (χ2n) is 5.68.